The van der Waals surface area contributed by atoms with Gasteiger partial charge in [-0.2, -0.15) is 0 Å². The summed E-state index contributed by atoms with van der Waals surface area (Å²) in [6.07, 6.45) is 0.337. The van der Waals surface area contributed by atoms with E-state index in [2.05, 4.69) is 19.2 Å². The molecule has 2 nitrogen and oxygen atoms in total. The van der Waals surface area contributed by atoms with E-state index < -0.39 is 0 Å². The first-order valence-electron chi connectivity index (χ1n) is 3.09. The normalized spacial score (nSPS) is 39.8. The molecule has 0 aromatic heterocycles. The van der Waals surface area contributed by atoms with Crippen LogP contribution in [0.15, 0.2) is 0 Å². The zero-order valence-corrected chi connectivity index (χ0v) is 5.42. The smallest absolute Gasteiger partial charge is 0.0714 e. The van der Waals surface area contributed by atoms with Gasteiger partial charge in [-0.1, -0.05) is 0 Å². The molecule has 1 aliphatic heterocycles. The summed E-state index contributed by atoms with van der Waals surface area (Å²) < 4.78 is 5.30. The lowest BCUT2D eigenvalue weighted by molar-refractivity contribution is 0.0115. The maximum absolute atomic E-state index is 5.30. The predicted octanol–water partition coefficient (Wildman–Crippen LogP) is 0.398. The van der Waals surface area contributed by atoms with E-state index in [0.29, 0.717) is 12.1 Å². The standard InChI is InChI=1S/C6H12NO/c1-5-6(2)8-4-3-7-5/h5-6H,3-4H2,1-2H3. The molecule has 0 aliphatic carbocycles. The molecule has 2 heteroatoms. The van der Waals surface area contributed by atoms with Crippen LogP contribution in [0.3, 0.4) is 0 Å². The molecule has 1 rings (SSSR count). The minimum absolute atomic E-state index is 0.337. The third-order valence-corrected chi connectivity index (χ3v) is 1.57. The number of hydrogen-bond donors (Lipinski definition) is 0. The molecule has 1 fully saturated rings. The molecule has 1 aliphatic rings. The predicted molar refractivity (Wildman–Crippen MR) is 31.9 cm³/mol. The molecule has 0 amide bonds. The van der Waals surface area contributed by atoms with Crippen molar-refractivity contribution < 1.29 is 4.74 Å². The van der Waals surface area contributed by atoms with Crippen molar-refractivity contribution in [3.8, 4) is 0 Å². The molecule has 8 heavy (non-hydrogen) atoms. The van der Waals surface area contributed by atoms with Gasteiger partial charge in [0.1, 0.15) is 0 Å². The molecule has 0 spiro atoms. The Labute approximate surface area is 50.2 Å². The third kappa shape index (κ3) is 1.20. The number of morpholine rings is 1. The SMILES string of the molecule is CC1[N]CCOC1C. The molecule has 0 bridgehead atoms. The molecule has 2 atom stereocenters. The van der Waals surface area contributed by atoms with Gasteiger partial charge in [-0.3, -0.25) is 0 Å². The Morgan fingerprint density at radius 3 is 2.62 bits per heavy atom. The van der Waals surface area contributed by atoms with E-state index in [9.17, 15) is 0 Å². The van der Waals surface area contributed by atoms with Crippen LogP contribution < -0.4 is 5.32 Å². The van der Waals surface area contributed by atoms with E-state index in [1.165, 1.54) is 0 Å². The van der Waals surface area contributed by atoms with Crippen molar-refractivity contribution in [3.63, 3.8) is 0 Å². The Hall–Kier alpha value is -0.0800. The summed E-state index contributed by atoms with van der Waals surface area (Å²) in [5.74, 6) is 0. The van der Waals surface area contributed by atoms with Crippen LogP contribution in [0.4, 0.5) is 0 Å². The van der Waals surface area contributed by atoms with Crippen LogP contribution in [-0.4, -0.2) is 25.3 Å². The van der Waals surface area contributed by atoms with E-state index >= 15 is 0 Å². The fourth-order valence-electron chi connectivity index (χ4n) is 0.783. The first kappa shape index (κ1) is 6.05. The zero-order chi connectivity index (χ0) is 5.98. The van der Waals surface area contributed by atoms with Gasteiger partial charge in [0.05, 0.1) is 12.7 Å². The minimum atomic E-state index is 0.337. The second-order valence-corrected chi connectivity index (χ2v) is 2.22. The van der Waals surface area contributed by atoms with Crippen molar-refractivity contribution in [2.45, 2.75) is 26.0 Å². The number of nitrogens with zero attached hydrogens (tertiary/aromatic N) is 1. The highest BCUT2D eigenvalue weighted by atomic mass is 16.5. The Kier molecular flexibility index (Phi) is 1.86. The summed E-state index contributed by atoms with van der Waals surface area (Å²) in [5, 5.41) is 4.29. The number of hydrogen-bond acceptors (Lipinski definition) is 1. The van der Waals surface area contributed by atoms with Gasteiger partial charge in [-0.15, -0.1) is 0 Å². The van der Waals surface area contributed by atoms with Crippen LogP contribution in [0.5, 0.6) is 0 Å². The second kappa shape index (κ2) is 2.46. The lowest BCUT2D eigenvalue weighted by atomic mass is 10.2. The van der Waals surface area contributed by atoms with Crippen LogP contribution in [-0.2, 0) is 4.74 Å². The van der Waals surface area contributed by atoms with Crippen molar-refractivity contribution in [2.75, 3.05) is 13.2 Å². The minimum Gasteiger partial charge on any atom is -0.375 e. The molecule has 2 unspecified atom stereocenters. The Bertz CT molecular complexity index is 64.9. The average molecular weight is 114 g/mol. The lowest BCUT2D eigenvalue weighted by Gasteiger charge is -2.25. The Morgan fingerprint density at radius 1 is 1.50 bits per heavy atom. The van der Waals surface area contributed by atoms with Crippen LogP contribution in [0.25, 0.3) is 0 Å². The molecule has 47 valence electrons. The summed E-state index contributed by atoms with van der Waals surface area (Å²) >= 11 is 0. The second-order valence-electron chi connectivity index (χ2n) is 2.22. The molecular formula is C6H12NO. The summed E-state index contributed by atoms with van der Waals surface area (Å²) in [7, 11) is 0. The van der Waals surface area contributed by atoms with Crippen LogP contribution in [0.1, 0.15) is 13.8 Å². The van der Waals surface area contributed by atoms with Crippen molar-refractivity contribution >= 4 is 0 Å². The maximum Gasteiger partial charge on any atom is 0.0714 e. The van der Waals surface area contributed by atoms with Gasteiger partial charge in [-0.05, 0) is 13.8 Å². The van der Waals surface area contributed by atoms with E-state index in [1.54, 1.807) is 0 Å². The highest BCUT2D eigenvalue weighted by Gasteiger charge is 2.16. The molecule has 1 saturated heterocycles. The Morgan fingerprint density at radius 2 is 2.25 bits per heavy atom. The molecule has 1 heterocycles. The zero-order valence-electron chi connectivity index (χ0n) is 5.42. The van der Waals surface area contributed by atoms with Gasteiger partial charge in [0.15, 0.2) is 0 Å². The summed E-state index contributed by atoms with van der Waals surface area (Å²) in [6.45, 7) is 5.84. The van der Waals surface area contributed by atoms with E-state index in [0.717, 1.165) is 13.2 Å². The van der Waals surface area contributed by atoms with E-state index in [-0.39, 0.29) is 0 Å². The van der Waals surface area contributed by atoms with Gasteiger partial charge in [0, 0.05) is 12.6 Å². The Balaban J connectivity index is 2.28. The average Bonchev–Trinajstić information content (AvgIpc) is 1.77. The molecule has 0 N–H and O–H groups in total. The highest BCUT2D eigenvalue weighted by molar-refractivity contribution is 4.71. The molecular weight excluding hydrogens is 102 g/mol. The van der Waals surface area contributed by atoms with Gasteiger partial charge in [0.25, 0.3) is 0 Å². The van der Waals surface area contributed by atoms with Gasteiger partial charge in [0.2, 0.25) is 0 Å². The topological polar surface area (TPSA) is 23.3 Å². The summed E-state index contributed by atoms with van der Waals surface area (Å²) in [6, 6.07) is 0.406. The first-order chi connectivity index (χ1) is 3.80. The summed E-state index contributed by atoms with van der Waals surface area (Å²) in [4.78, 5) is 0. The van der Waals surface area contributed by atoms with Crippen LogP contribution in [0, 0.1) is 0 Å². The van der Waals surface area contributed by atoms with Crippen molar-refractivity contribution in [1.29, 1.82) is 0 Å². The first-order valence-corrected chi connectivity index (χ1v) is 3.09. The fourth-order valence-corrected chi connectivity index (χ4v) is 0.783. The molecule has 1 radical (unpaired) electrons. The van der Waals surface area contributed by atoms with Gasteiger partial charge in [-0.25, -0.2) is 5.32 Å². The monoisotopic (exact) mass is 114 g/mol. The van der Waals surface area contributed by atoms with Crippen LogP contribution in [0.2, 0.25) is 0 Å². The molecule has 0 aromatic carbocycles. The van der Waals surface area contributed by atoms with E-state index in [1.807, 2.05) is 0 Å². The number of ether oxygens (including phenoxy) is 1. The largest absolute Gasteiger partial charge is 0.375 e. The van der Waals surface area contributed by atoms with Crippen molar-refractivity contribution in [2.24, 2.45) is 0 Å². The maximum atomic E-state index is 5.30. The van der Waals surface area contributed by atoms with E-state index in [4.69, 9.17) is 4.74 Å². The number of rotatable bonds is 0. The van der Waals surface area contributed by atoms with Gasteiger partial charge < -0.3 is 4.74 Å². The molecule has 0 aromatic rings. The van der Waals surface area contributed by atoms with Crippen molar-refractivity contribution in [1.82, 2.24) is 5.32 Å². The highest BCUT2D eigenvalue weighted by Crippen LogP contribution is 2.02. The third-order valence-electron chi connectivity index (χ3n) is 1.57. The molecule has 0 saturated carbocycles. The summed E-state index contributed by atoms with van der Waals surface area (Å²) in [5.41, 5.74) is 0. The van der Waals surface area contributed by atoms with Gasteiger partial charge >= 0.3 is 0 Å². The lowest BCUT2D eigenvalue weighted by Crippen LogP contribution is -2.40. The quantitative estimate of drug-likeness (QED) is 0.447. The fraction of sp³-hybridized carbons (Fsp3) is 1.00. The van der Waals surface area contributed by atoms with Crippen molar-refractivity contribution in [3.05, 3.63) is 0 Å². The van der Waals surface area contributed by atoms with Crippen LogP contribution >= 0.6 is 0 Å².